The standard InChI is InChI=1S/C8H13NO/c1-6-9-7(10-5)8(2,3)4/h1H,2-5H3/b9-7-. The Labute approximate surface area is 62.3 Å². The predicted molar refractivity (Wildman–Crippen MR) is 42.7 cm³/mol. The monoisotopic (exact) mass is 139 g/mol. The van der Waals surface area contributed by atoms with Crippen molar-refractivity contribution in [1.29, 1.82) is 0 Å². The summed E-state index contributed by atoms with van der Waals surface area (Å²) in [5, 5.41) is 0. The lowest BCUT2D eigenvalue weighted by molar-refractivity contribution is 0.337. The number of terminal acetylenes is 1. The Hall–Kier alpha value is -0.970. The van der Waals surface area contributed by atoms with Crippen LogP contribution in [0.4, 0.5) is 0 Å². The van der Waals surface area contributed by atoms with Crippen LogP contribution in [0.5, 0.6) is 0 Å². The molecule has 2 nitrogen and oxygen atoms in total. The molecule has 0 atom stereocenters. The third kappa shape index (κ3) is 2.54. The summed E-state index contributed by atoms with van der Waals surface area (Å²) in [6, 6.07) is 2.19. The summed E-state index contributed by atoms with van der Waals surface area (Å²) in [6.45, 7) is 5.98. The highest BCUT2D eigenvalue weighted by atomic mass is 16.5. The Morgan fingerprint density at radius 3 is 2.10 bits per heavy atom. The van der Waals surface area contributed by atoms with Gasteiger partial charge in [-0.3, -0.25) is 0 Å². The maximum Gasteiger partial charge on any atom is 0.202 e. The van der Waals surface area contributed by atoms with Gasteiger partial charge in [0.1, 0.15) is 0 Å². The van der Waals surface area contributed by atoms with Crippen LogP contribution in [0, 0.1) is 17.9 Å². The number of aliphatic imine (C=N–C) groups is 1. The minimum Gasteiger partial charge on any atom is -0.483 e. The average molecular weight is 139 g/mol. The van der Waals surface area contributed by atoms with E-state index in [1.807, 2.05) is 20.8 Å². The SMILES string of the molecule is C#C/N=C(\OC)C(C)(C)C. The van der Waals surface area contributed by atoms with Gasteiger partial charge in [-0.2, -0.15) is 4.99 Å². The fraction of sp³-hybridized carbons (Fsp3) is 0.625. The molecule has 10 heavy (non-hydrogen) atoms. The minimum atomic E-state index is -0.0961. The summed E-state index contributed by atoms with van der Waals surface area (Å²) >= 11 is 0. The van der Waals surface area contributed by atoms with E-state index in [0.717, 1.165) is 0 Å². The number of rotatable bonds is 0. The van der Waals surface area contributed by atoms with Crippen LogP contribution < -0.4 is 0 Å². The van der Waals surface area contributed by atoms with Crippen LogP contribution in [0.1, 0.15) is 20.8 Å². The van der Waals surface area contributed by atoms with Gasteiger partial charge in [0.25, 0.3) is 0 Å². The van der Waals surface area contributed by atoms with Crippen LogP contribution in [0.15, 0.2) is 4.99 Å². The summed E-state index contributed by atoms with van der Waals surface area (Å²) < 4.78 is 4.96. The molecule has 0 aliphatic rings. The fourth-order valence-corrected chi connectivity index (χ4v) is 0.578. The van der Waals surface area contributed by atoms with Crippen LogP contribution >= 0.6 is 0 Å². The third-order valence-electron chi connectivity index (χ3n) is 1.00. The zero-order valence-electron chi connectivity index (χ0n) is 6.93. The Morgan fingerprint density at radius 2 is 2.00 bits per heavy atom. The van der Waals surface area contributed by atoms with Crippen LogP contribution in [0.2, 0.25) is 0 Å². The molecule has 0 spiro atoms. The second kappa shape index (κ2) is 3.26. The van der Waals surface area contributed by atoms with Gasteiger partial charge >= 0.3 is 0 Å². The maximum absolute atomic E-state index is 4.98. The molecule has 0 aromatic heterocycles. The Balaban J connectivity index is 4.41. The van der Waals surface area contributed by atoms with Gasteiger partial charge in [0.15, 0.2) is 0 Å². The molecular formula is C8H13NO. The second-order valence-corrected chi connectivity index (χ2v) is 3.00. The van der Waals surface area contributed by atoms with E-state index >= 15 is 0 Å². The lowest BCUT2D eigenvalue weighted by atomic mass is 9.97. The molecule has 0 fully saturated rings. The molecule has 0 aliphatic carbocycles. The molecule has 0 N–H and O–H groups in total. The number of hydrogen-bond acceptors (Lipinski definition) is 2. The molecule has 0 saturated heterocycles. The molecule has 2 heteroatoms. The van der Waals surface area contributed by atoms with Crippen molar-refractivity contribution in [2.75, 3.05) is 7.11 Å². The number of hydrogen-bond donors (Lipinski definition) is 0. The molecule has 0 unspecified atom stereocenters. The third-order valence-corrected chi connectivity index (χ3v) is 1.00. The second-order valence-electron chi connectivity index (χ2n) is 3.00. The number of ether oxygens (including phenoxy) is 1. The van der Waals surface area contributed by atoms with Crippen LogP contribution in [-0.2, 0) is 4.74 Å². The molecular weight excluding hydrogens is 126 g/mol. The smallest absolute Gasteiger partial charge is 0.202 e. The number of nitrogens with zero attached hydrogens (tertiary/aromatic N) is 1. The molecule has 0 rings (SSSR count). The van der Waals surface area contributed by atoms with Crippen LogP contribution in [-0.4, -0.2) is 13.0 Å². The van der Waals surface area contributed by atoms with E-state index in [2.05, 4.69) is 11.0 Å². The van der Waals surface area contributed by atoms with Crippen molar-refractivity contribution in [2.24, 2.45) is 10.4 Å². The molecule has 0 aliphatic heterocycles. The number of methoxy groups -OCH3 is 1. The Kier molecular flexibility index (Phi) is 2.95. The quantitative estimate of drug-likeness (QED) is 0.284. The van der Waals surface area contributed by atoms with Crippen molar-refractivity contribution in [3.63, 3.8) is 0 Å². The van der Waals surface area contributed by atoms with Gasteiger partial charge in [0, 0.05) is 11.5 Å². The van der Waals surface area contributed by atoms with Crippen LogP contribution in [0.3, 0.4) is 0 Å². The summed E-state index contributed by atoms with van der Waals surface area (Å²) in [4.78, 5) is 3.74. The van der Waals surface area contributed by atoms with Gasteiger partial charge in [-0.1, -0.05) is 27.2 Å². The maximum atomic E-state index is 4.98. The summed E-state index contributed by atoms with van der Waals surface area (Å²) in [5.74, 6) is 0.593. The zero-order chi connectivity index (χ0) is 8.20. The van der Waals surface area contributed by atoms with Gasteiger partial charge in [-0.05, 0) is 0 Å². The average Bonchev–Trinajstić information content (AvgIpc) is 1.80. The molecule has 0 saturated carbocycles. The molecule has 0 aromatic rings. The summed E-state index contributed by atoms with van der Waals surface area (Å²) in [7, 11) is 1.57. The van der Waals surface area contributed by atoms with Crippen molar-refractivity contribution >= 4 is 5.90 Å². The van der Waals surface area contributed by atoms with E-state index in [4.69, 9.17) is 11.2 Å². The van der Waals surface area contributed by atoms with E-state index in [1.165, 1.54) is 0 Å². The van der Waals surface area contributed by atoms with Crippen molar-refractivity contribution in [2.45, 2.75) is 20.8 Å². The van der Waals surface area contributed by atoms with Crippen molar-refractivity contribution in [3.8, 4) is 12.5 Å². The van der Waals surface area contributed by atoms with Crippen molar-refractivity contribution < 1.29 is 4.74 Å². The molecule has 56 valence electrons. The highest BCUT2D eigenvalue weighted by Gasteiger charge is 2.18. The summed E-state index contributed by atoms with van der Waals surface area (Å²) in [5.41, 5.74) is -0.0961. The highest BCUT2D eigenvalue weighted by molar-refractivity contribution is 5.82. The first-order chi connectivity index (χ1) is 4.52. The van der Waals surface area contributed by atoms with Gasteiger partial charge in [0.2, 0.25) is 5.90 Å². The van der Waals surface area contributed by atoms with Gasteiger partial charge < -0.3 is 4.74 Å². The zero-order valence-corrected chi connectivity index (χ0v) is 6.93. The first kappa shape index (κ1) is 9.03. The Morgan fingerprint density at radius 1 is 1.50 bits per heavy atom. The summed E-state index contributed by atoms with van der Waals surface area (Å²) in [6.07, 6.45) is 4.98. The van der Waals surface area contributed by atoms with Crippen molar-refractivity contribution in [3.05, 3.63) is 0 Å². The minimum absolute atomic E-state index is 0.0961. The molecule has 0 amide bonds. The lowest BCUT2D eigenvalue weighted by Crippen LogP contribution is -2.21. The molecule has 0 radical (unpaired) electrons. The lowest BCUT2D eigenvalue weighted by Gasteiger charge is -2.17. The molecule has 0 bridgehead atoms. The topological polar surface area (TPSA) is 21.6 Å². The predicted octanol–water partition coefficient (Wildman–Crippen LogP) is 1.67. The van der Waals surface area contributed by atoms with Crippen molar-refractivity contribution in [1.82, 2.24) is 0 Å². The molecule has 0 heterocycles. The van der Waals surface area contributed by atoms with Gasteiger partial charge in [-0.25, -0.2) is 0 Å². The van der Waals surface area contributed by atoms with Crippen LogP contribution in [0.25, 0.3) is 0 Å². The normalized spacial score (nSPS) is 12.5. The fourth-order valence-electron chi connectivity index (χ4n) is 0.578. The Bertz CT molecular complexity index is 169. The first-order valence-corrected chi connectivity index (χ1v) is 3.10. The van der Waals surface area contributed by atoms with E-state index in [-0.39, 0.29) is 5.41 Å². The van der Waals surface area contributed by atoms with E-state index < -0.39 is 0 Å². The first-order valence-electron chi connectivity index (χ1n) is 3.10. The molecule has 0 aromatic carbocycles. The van der Waals surface area contributed by atoms with Gasteiger partial charge in [0.05, 0.1) is 7.11 Å². The van der Waals surface area contributed by atoms with E-state index in [0.29, 0.717) is 5.90 Å². The largest absolute Gasteiger partial charge is 0.483 e. The van der Waals surface area contributed by atoms with E-state index in [1.54, 1.807) is 7.11 Å². The van der Waals surface area contributed by atoms with Gasteiger partial charge in [-0.15, -0.1) is 0 Å². The highest BCUT2D eigenvalue weighted by Crippen LogP contribution is 2.15. The van der Waals surface area contributed by atoms with E-state index in [9.17, 15) is 0 Å².